The number of ether oxygens (including phenoxy) is 2. The van der Waals surface area contributed by atoms with Gasteiger partial charge in [0.1, 0.15) is 11.4 Å². The van der Waals surface area contributed by atoms with Crippen LogP contribution in [0.25, 0.3) is 10.8 Å². The number of rotatable bonds is 1. The number of fused-ring (bicyclic) bond motifs is 3. The number of hydrogen-bond acceptors (Lipinski definition) is 4. The van der Waals surface area contributed by atoms with Gasteiger partial charge in [0.05, 0.1) is 5.69 Å². The van der Waals surface area contributed by atoms with Crippen LogP contribution in [0, 0.1) is 0 Å². The van der Waals surface area contributed by atoms with E-state index < -0.39 is 5.60 Å². The average Bonchev–Trinajstić information content (AvgIpc) is 2.89. The standard InChI is InChI=1S/C19H21NO4/c1-12(21)23-17-11-16-14(13-7-5-6-8-15(13)17)9-10-20(16)18(22)24-19(2,3)4/h5-8,11H,9-10H2,1-4H3. The van der Waals surface area contributed by atoms with E-state index in [4.69, 9.17) is 9.47 Å². The van der Waals surface area contributed by atoms with Crippen molar-refractivity contribution < 1.29 is 19.1 Å². The van der Waals surface area contributed by atoms with Crippen LogP contribution in [0.3, 0.4) is 0 Å². The Balaban J connectivity index is 2.09. The Bertz CT molecular complexity index is 820. The maximum Gasteiger partial charge on any atom is 0.414 e. The van der Waals surface area contributed by atoms with Crippen LogP contribution in [-0.2, 0) is 16.0 Å². The van der Waals surface area contributed by atoms with Gasteiger partial charge in [-0.3, -0.25) is 9.69 Å². The number of carbonyl (C=O) groups is 2. The summed E-state index contributed by atoms with van der Waals surface area (Å²) < 4.78 is 10.9. The first kappa shape index (κ1) is 16.3. The molecule has 5 heteroatoms. The van der Waals surface area contributed by atoms with Gasteiger partial charge in [-0.25, -0.2) is 4.79 Å². The second-order valence-corrected chi connectivity index (χ2v) is 6.89. The second kappa shape index (κ2) is 5.82. The Morgan fingerprint density at radius 2 is 1.79 bits per heavy atom. The van der Waals surface area contributed by atoms with Crippen molar-refractivity contribution in [2.24, 2.45) is 0 Å². The van der Waals surface area contributed by atoms with Crippen molar-refractivity contribution in [3.05, 3.63) is 35.9 Å². The maximum absolute atomic E-state index is 12.5. The summed E-state index contributed by atoms with van der Waals surface area (Å²) >= 11 is 0. The second-order valence-electron chi connectivity index (χ2n) is 6.89. The fourth-order valence-corrected chi connectivity index (χ4v) is 2.98. The lowest BCUT2D eigenvalue weighted by atomic mass is 10.0. The molecule has 0 unspecified atom stereocenters. The summed E-state index contributed by atoms with van der Waals surface area (Å²) in [6.07, 6.45) is 0.362. The van der Waals surface area contributed by atoms with E-state index in [0.717, 1.165) is 28.4 Å². The Morgan fingerprint density at radius 1 is 1.12 bits per heavy atom. The predicted molar refractivity (Wildman–Crippen MR) is 92.5 cm³/mol. The lowest BCUT2D eigenvalue weighted by molar-refractivity contribution is -0.131. The van der Waals surface area contributed by atoms with E-state index in [9.17, 15) is 9.59 Å². The molecule has 0 spiro atoms. The van der Waals surface area contributed by atoms with Gasteiger partial charge in [-0.2, -0.15) is 0 Å². The number of amides is 1. The van der Waals surface area contributed by atoms with Crippen molar-refractivity contribution in [1.82, 2.24) is 0 Å². The highest BCUT2D eigenvalue weighted by molar-refractivity contribution is 6.01. The molecular weight excluding hydrogens is 306 g/mol. The minimum Gasteiger partial charge on any atom is -0.443 e. The zero-order valence-electron chi connectivity index (χ0n) is 14.4. The van der Waals surface area contributed by atoms with E-state index in [-0.39, 0.29) is 12.1 Å². The van der Waals surface area contributed by atoms with Crippen molar-refractivity contribution >= 4 is 28.5 Å². The Hall–Kier alpha value is -2.56. The molecule has 1 amide bonds. The SMILES string of the molecule is CC(=O)Oc1cc2c(c3ccccc13)CCN2C(=O)OC(C)(C)C. The van der Waals surface area contributed by atoms with Crippen molar-refractivity contribution in [3.8, 4) is 5.75 Å². The van der Waals surface area contributed by atoms with Crippen LogP contribution < -0.4 is 9.64 Å². The van der Waals surface area contributed by atoms with Crippen LogP contribution in [0.4, 0.5) is 10.5 Å². The average molecular weight is 327 g/mol. The summed E-state index contributed by atoms with van der Waals surface area (Å²) in [7, 11) is 0. The molecule has 5 nitrogen and oxygen atoms in total. The summed E-state index contributed by atoms with van der Waals surface area (Å²) in [5, 5.41) is 1.87. The topological polar surface area (TPSA) is 55.8 Å². The number of benzene rings is 2. The monoisotopic (exact) mass is 327 g/mol. The van der Waals surface area contributed by atoms with Gasteiger partial charge < -0.3 is 9.47 Å². The van der Waals surface area contributed by atoms with E-state index in [1.165, 1.54) is 6.92 Å². The minimum absolute atomic E-state index is 0.384. The summed E-state index contributed by atoms with van der Waals surface area (Å²) in [6.45, 7) is 7.44. The Kier molecular flexibility index (Phi) is 3.95. The third-order valence-electron chi connectivity index (χ3n) is 3.84. The largest absolute Gasteiger partial charge is 0.443 e. The first-order valence-corrected chi connectivity index (χ1v) is 8.00. The third kappa shape index (κ3) is 3.07. The van der Waals surface area contributed by atoms with Crippen LogP contribution in [0.2, 0.25) is 0 Å². The lowest BCUT2D eigenvalue weighted by Gasteiger charge is -2.25. The van der Waals surface area contributed by atoms with Gasteiger partial charge in [0.15, 0.2) is 0 Å². The number of carbonyl (C=O) groups excluding carboxylic acids is 2. The normalized spacial score (nSPS) is 13.8. The molecule has 0 aliphatic carbocycles. The molecule has 2 aromatic rings. The first-order valence-electron chi connectivity index (χ1n) is 8.00. The molecule has 0 saturated heterocycles. The number of nitrogens with zero attached hydrogens (tertiary/aromatic N) is 1. The van der Waals surface area contributed by atoms with Gasteiger partial charge in [0.25, 0.3) is 0 Å². The highest BCUT2D eigenvalue weighted by Gasteiger charge is 2.31. The number of hydrogen-bond donors (Lipinski definition) is 0. The quantitative estimate of drug-likeness (QED) is 0.585. The van der Waals surface area contributed by atoms with Crippen molar-refractivity contribution in [1.29, 1.82) is 0 Å². The minimum atomic E-state index is -0.560. The molecule has 126 valence electrons. The molecule has 0 aromatic heterocycles. The molecule has 3 rings (SSSR count). The molecule has 0 bridgehead atoms. The number of anilines is 1. The highest BCUT2D eigenvalue weighted by Crippen LogP contribution is 2.40. The van der Waals surface area contributed by atoms with Crippen LogP contribution in [0.1, 0.15) is 33.3 Å². The maximum atomic E-state index is 12.5. The van der Waals surface area contributed by atoms with Gasteiger partial charge in [-0.05, 0) is 38.1 Å². The molecule has 1 heterocycles. The van der Waals surface area contributed by atoms with Crippen LogP contribution in [0.5, 0.6) is 5.75 Å². The van der Waals surface area contributed by atoms with Crippen molar-refractivity contribution in [3.63, 3.8) is 0 Å². The van der Waals surface area contributed by atoms with E-state index in [1.54, 1.807) is 11.0 Å². The van der Waals surface area contributed by atoms with Crippen molar-refractivity contribution in [2.45, 2.75) is 39.7 Å². The fraction of sp³-hybridized carbons (Fsp3) is 0.368. The first-order chi connectivity index (χ1) is 11.3. The molecular formula is C19H21NO4. The Labute approximate surface area is 141 Å². The highest BCUT2D eigenvalue weighted by atomic mass is 16.6. The smallest absolute Gasteiger partial charge is 0.414 e. The Morgan fingerprint density at radius 3 is 2.42 bits per heavy atom. The molecule has 2 aromatic carbocycles. The zero-order chi connectivity index (χ0) is 17.5. The van der Waals surface area contributed by atoms with Crippen LogP contribution >= 0.6 is 0 Å². The van der Waals surface area contributed by atoms with Gasteiger partial charge >= 0.3 is 12.1 Å². The molecule has 1 aliphatic rings. The van der Waals surface area contributed by atoms with E-state index in [1.807, 2.05) is 45.0 Å². The van der Waals surface area contributed by atoms with Gasteiger partial charge in [0.2, 0.25) is 0 Å². The van der Waals surface area contributed by atoms with Gasteiger partial charge in [-0.15, -0.1) is 0 Å². The van der Waals surface area contributed by atoms with E-state index in [0.29, 0.717) is 12.3 Å². The summed E-state index contributed by atoms with van der Waals surface area (Å²) in [5.41, 5.74) is 1.27. The molecule has 0 atom stereocenters. The lowest BCUT2D eigenvalue weighted by Crippen LogP contribution is -2.35. The molecule has 0 saturated carbocycles. The number of esters is 1. The molecule has 24 heavy (non-hydrogen) atoms. The van der Waals surface area contributed by atoms with Crippen LogP contribution in [-0.4, -0.2) is 24.2 Å². The molecule has 1 aliphatic heterocycles. The third-order valence-corrected chi connectivity index (χ3v) is 3.84. The van der Waals surface area contributed by atoms with Crippen LogP contribution in [0.15, 0.2) is 30.3 Å². The predicted octanol–water partition coefficient (Wildman–Crippen LogP) is 4.06. The molecule has 0 radical (unpaired) electrons. The van der Waals surface area contributed by atoms with Gasteiger partial charge in [0, 0.05) is 24.9 Å². The molecule has 0 N–H and O–H groups in total. The van der Waals surface area contributed by atoms with E-state index >= 15 is 0 Å². The summed E-state index contributed by atoms with van der Waals surface area (Å²) in [5.74, 6) is 0.0780. The summed E-state index contributed by atoms with van der Waals surface area (Å²) in [4.78, 5) is 25.5. The van der Waals surface area contributed by atoms with Crippen molar-refractivity contribution in [2.75, 3.05) is 11.4 Å². The van der Waals surface area contributed by atoms with E-state index in [2.05, 4.69) is 0 Å². The zero-order valence-corrected chi connectivity index (χ0v) is 14.4. The molecule has 0 fully saturated rings. The van der Waals surface area contributed by atoms with Gasteiger partial charge in [-0.1, -0.05) is 24.3 Å². The fourth-order valence-electron chi connectivity index (χ4n) is 2.98. The summed E-state index contributed by atoms with van der Waals surface area (Å²) in [6, 6.07) is 9.51.